The molecule has 3 aliphatic rings. The minimum absolute atomic E-state index is 0.116. The van der Waals surface area contributed by atoms with E-state index in [-0.39, 0.29) is 20.7 Å². The monoisotopic (exact) mass is 518 g/mol. The van der Waals surface area contributed by atoms with Gasteiger partial charge in [-0.05, 0) is 38.3 Å². The third-order valence-electron chi connectivity index (χ3n) is 4.70. The van der Waals surface area contributed by atoms with Crippen LogP contribution in [0.2, 0.25) is 0 Å². The normalized spacial score (nSPS) is 19.5. The van der Waals surface area contributed by atoms with Gasteiger partial charge < -0.3 is 14.2 Å². The molecule has 1 aromatic carbocycles. The van der Waals surface area contributed by atoms with Crippen LogP contribution in [0.1, 0.15) is 0 Å². The van der Waals surface area contributed by atoms with E-state index < -0.39 is 10.0 Å². The molecule has 7 nitrogen and oxygen atoms in total. The average molecular weight is 518 g/mol. The Morgan fingerprint density at radius 2 is 2.11 bits per heavy atom. The number of hydrogen-bond donors (Lipinski definition) is 1. The van der Waals surface area contributed by atoms with Gasteiger partial charge in [-0.3, -0.25) is 4.90 Å². The summed E-state index contributed by atoms with van der Waals surface area (Å²) in [5, 5.41) is 0. The minimum Gasteiger partial charge on any atom is -0.488 e. The van der Waals surface area contributed by atoms with Gasteiger partial charge in [-0.25, -0.2) is 13.1 Å². The van der Waals surface area contributed by atoms with Crippen molar-refractivity contribution >= 4 is 34.8 Å². The molecule has 28 heavy (non-hydrogen) atoms. The maximum atomic E-state index is 12.3. The Bertz CT molecular complexity index is 907. The van der Waals surface area contributed by atoms with Crippen LogP contribution in [0.15, 0.2) is 39.3 Å². The highest BCUT2D eigenvalue weighted by atomic mass is 127. The van der Waals surface area contributed by atoms with Crippen molar-refractivity contribution in [1.29, 1.82) is 0 Å². The van der Waals surface area contributed by atoms with Crippen molar-refractivity contribution in [3.8, 4) is 17.2 Å². The summed E-state index contributed by atoms with van der Waals surface area (Å²) >= 11 is -0.116. The van der Waals surface area contributed by atoms with Crippen molar-refractivity contribution in [2.75, 3.05) is 46.0 Å². The maximum absolute atomic E-state index is 12.3. The third-order valence-corrected chi connectivity index (χ3v) is 7.69. The summed E-state index contributed by atoms with van der Waals surface area (Å²) in [5.74, 6) is 2.44. The first-order chi connectivity index (χ1) is 13.6. The smallest absolute Gasteiger partial charge is 0.240 e. The molecule has 152 valence electrons. The second-order valence-electron chi connectivity index (χ2n) is 6.72. The Morgan fingerprint density at radius 3 is 2.93 bits per heavy atom. The lowest BCUT2D eigenvalue weighted by molar-refractivity contribution is 0.0836. The summed E-state index contributed by atoms with van der Waals surface area (Å²) < 4.78 is 48.2. The molecule has 3 aliphatic heterocycles. The minimum atomic E-state index is -3.39. The number of ether oxygens (including phenoxy) is 3. The van der Waals surface area contributed by atoms with Crippen LogP contribution in [-0.4, -0.2) is 63.3 Å². The van der Waals surface area contributed by atoms with Gasteiger partial charge in [-0.2, -0.15) is 0 Å². The molecule has 0 amide bonds. The van der Waals surface area contributed by atoms with Crippen LogP contribution in [0.25, 0.3) is 0 Å². The predicted octanol–water partition coefficient (Wildman–Crippen LogP) is 1.87. The van der Waals surface area contributed by atoms with E-state index in [2.05, 4.69) is 9.62 Å². The van der Waals surface area contributed by atoms with Crippen LogP contribution in [-0.2, 0) is 10.0 Å². The van der Waals surface area contributed by atoms with Gasteiger partial charge >= 0.3 is 0 Å². The molecule has 0 unspecified atom stereocenters. The lowest BCUT2D eigenvalue weighted by Gasteiger charge is -2.39. The summed E-state index contributed by atoms with van der Waals surface area (Å²) in [7, 11) is -3.39. The Hall–Kier alpha value is -1.43. The molecule has 1 aromatic rings. The molecule has 0 atom stereocenters. The summed E-state index contributed by atoms with van der Waals surface area (Å²) in [4.78, 5) is 2.62. The van der Waals surface area contributed by atoms with Gasteiger partial charge in [0.1, 0.15) is 19.8 Å². The van der Waals surface area contributed by atoms with Gasteiger partial charge in [0, 0.05) is 26.2 Å². The van der Waals surface area contributed by atoms with Crippen molar-refractivity contribution in [2.45, 2.75) is 0 Å². The van der Waals surface area contributed by atoms with Gasteiger partial charge in [0.15, 0.2) is 11.5 Å². The number of para-hydroxylation sites is 1. The Morgan fingerprint density at radius 1 is 1.25 bits per heavy atom. The zero-order chi connectivity index (χ0) is 19.4. The number of fused-ring (bicyclic) bond motifs is 1. The van der Waals surface area contributed by atoms with E-state index >= 15 is 0 Å². The molecule has 1 fully saturated rings. The second kappa shape index (κ2) is 8.93. The van der Waals surface area contributed by atoms with Crippen LogP contribution in [0.3, 0.4) is 0 Å². The molecular weight excluding hydrogens is 495 g/mol. The SMILES string of the molecule is O=S(=O)(NCC1CN(CCOc2cccc3c2OCCO3)C1)C1=CC=IC=C1. The van der Waals surface area contributed by atoms with Crippen molar-refractivity contribution in [3.63, 3.8) is 0 Å². The number of benzene rings is 1. The lowest BCUT2D eigenvalue weighted by atomic mass is 10.0. The molecule has 3 heterocycles. The Balaban J connectivity index is 1.17. The van der Waals surface area contributed by atoms with Crippen LogP contribution < -0.4 is 18.9 Å². The molecule has 9 heteroatoms. The molecule has 0 radical (unpaired) electrons. The lowest BCUT2D eigenvalue weighted by Crippen LogP contribution is -2.52. The van der Waals surface area contributed by atoms with Crippen molar-refractivity contribution < 1.29 is 22.6 Å². The molecule has 0 bridgehead atoms. The molecule has 0 aromatic heterocycles. The molecule has 0 saturated carbocycles. The molecule has 4 rings (SSSR count). The van der Waals surface area contributed by atoms with E-state index in [1.807, 2.05) is 26.3 Å². The molecular formula is C19H23IN2O5S. The fourth-order valence-corrected chi connectivity index (χ4v) is 6.25. The van der Waals surface area contributed by atoms with E-state index in [0.717, 1.165) is 25.4 Å². The third kappa shape index (κ3) is 4.76. The second-order valence-corrected chi connectivity index (χ2v) is 10.6. The van der Waals surface area contributed by atoms with Gasteiger partial charge in [0.2, 0.25) is 15.8 Å². The quantitative estimate of drug-likeness (QED) is 0.530. The number of sulfonamides is 1. The van der Waals surface area contributed by atoms with E-state index in [0.29, 0.717) is 48.7 Å². The molecule has 1 N–H and O–H groups in total. The number of halogens is 1. The van der Waals surface area contributed by atoms with Gasteiger partial charge in [-0.1, -0.05) is 26.8 Å². The number of nitrogens with one attached hydrogen (secondary N) is 1. The summed E-state index contributed by atoms with van der Waals surface area (Å²) in [5.41, 5.74) is 0. The fraction of sp³-hybridized carbons (Fsp3) is 0.421. The van der Waals surface area contributed by atoms with Gasteiger partial charge in [-0.15, -0.1) is 0 Å². The van der Waals surface area contributed by atoms with Crippen LogP contribution in [0, 0.1) is 5.92 Å². The Labute approximate surface area is 175 Å². The van der Waals surface area contributed by atoms with Crippen molar-refractivity contribution in [1.82, 2.24) is 9.62 Å². The highest BCUT2D eigenvalue weighted by Gasteiger charge is 2.28. The number of hydrogen-bond acceptors (Lipinski definition) is 6. The van der Waals surface area contributed by atoms with Crippen LogP contribution in [0.5, 0.6) is 17.2 Å². The molecule has 0 spiro atoms. The van der Waals surface area contributed by atoms with E-state index in [1.54, 1.807) is 12.2 Å². The van der Waals surface area contributed by atoms with Crippen LogP contribution in [0.4, 0.5) is 0 Å². The zero-order valence-corrected chi connectivity index (χ0v) is 18.3. The highest BCUT2D eigenvalue weighted by Crippen LogP contribution is 2.38. The van der Waals surface area contributed by atoms with Gasteiger partial charge in [0.05, 0.1) is 4.91 Å². The predicted molar refractivity (Wildman–Crippen MR) is 117 cm³/mol. The first-order valence-corrected chi connectivity index (χ1v) is 13.1. The highest BCUT2D eigenvalue weighted by molar-refractivity contribution is 14.2. The fourth-order valence-electron chi connectivity index (χ4n) is 3.22. The van der Waals surface area contributed by atoms with Crippen molar-refractivity contribution in [2.24, 2.45) is 5.92 Å². The van der Waals surface area contributed by atoms with E-state index in [1.165, 1.54) is 0 Å². The van der Waals surface area contributed by atoms with Crippen LogP contribution >= 0.6 is 20.7 Å². The average Bonchev–Trinajstić information content (AvgIpc) is 2.69. The number of likely N-dealkylation sites (tertiary alicyclic amines) is 1. The first-order valence-electron chi connectivity index (χ1n) is 9.17. The molecule has 0 aliphatic carbocycles. The summed E-state index contributed by atoms with van der Waals surface area (Å²) in [6.07, 6.45) is 3.41. The van der Waals surface area contributed by atoms with E-state index in [4.69, 9.17) is 14.2 Å². The summed E-state index contributed by atoms with van der Waals surface area (Å²) in [6.45, 7) is 4.63. The maximum Gasteiger partial charge on any atom is 0.240 e. The van der Waals surface area contributed by atoms with Gasteiger partial charge in [0.25, 0.3) is 0 Å². The molecule has 1 saturated heterocycles. The number of rotatable bonds is 8. The standard InChI is InChI=1S/C19H23IN2O5S/c23-28(24,16-4-6-20-7-5-16)21-12-15-13-22(14-15)8-9-25-17-2-1-3-18-19(17)27-11-10-26-18/h1-7,15,21H,8-14H2. The zero-order valence-electron chi connectivity index (χ0n) is 15.3. The Kier molecular flexibility index (Phi) is 6.34. The first kappa shape index (κ1) is 19.9. The largest absolute Gasteiger partial charge is 0.488 e. The number of allylic oxidation sites excluding steroid dienone is 2. The topological polar surface area (TPSA) is 77.1 Å². The summed E-state index contributed by atoms with van der Waals surface area (Å²) in [6, 6.07) is 5.65. The number of nitrogens with zero attached hydrogens (tertiary/aromatic N) is 1. The van der Waals surface area contributed by atoms with E-state index in [9.17, 15) is 8.42 Å². The van der Waals surface area contributed by atoms with Crippen molar-refractivity contribution in [3.05, 3.63) is 39.3 Å².